The Morgan fingerprint density at radius 2 is 1.86 bits per heavy atom. The van der Waals surface area contributed by atoms with Gasteiger partial charge in [-0.05, 0) is 24.6 Å². The van der Waals surface area contributed by atoms with E-state index in [1.54, 1.807) is 11.6 Å². The molecule has 106 valence electrons. The molecule has 1 unspecified atom stereocenters. The molecule has 0 radical (unpaired) electrons. The van der Waals surface area contributed by atoms with E-state index in [0.717, 1.165) is 16.6 Å². The van der Waals surface area contributed by atoms with Gasteiger partial charge in [0, 0.05) is 0 Å². The number of nitrogens with zero attached hydrogens (tertiary/aromatic N) is 3. The number of ether oxygens (including phenoxy) is 1. The van der Waals surface area contributed by atoms with E-state index in [0.29, 0.717) is 6.61 Å². The van der Waals surface area contributed by atoms with E-state index in [1.807, 2.05) is 54.6 Å². The number of fused-ring (bicyclic) bond motifs is 1. The van der Waals surface area contributed by atoms with Crippen LogP contribution in [0.2, 0.25) is 0 Å². The Bertz CT molecular complexity index is 752. The van der Waals surface area contributed by atoms with E-state index in [1.165, 1.54) is 0 Å². The van der Waals surface area contributed by atoms with Crippen LogP contribution in [0.5, 0.6) is 0 Å². The number of carbonyl (C=O) groups excluding carboxylic acids is 1. The predicted octanol–water partition coefficient (Wildman–Crippen LogP) is 2.58. The molecule has 2 aromatic carbocycles. The van der Waals surface area contributed by atoms with Gasteiger partial charge in [0.15, 0.2) is 6.04 Å². The van der Waals surface area contributed by atoms with Gasteiger partial charge in [-0.3, -0.25) is 0 Å². The molecule has 1 aromatic heterocycles. The third-order valence-corrected chi connectivity index (χ3v) is 3.25. The van der Waals surface area contributed by atoms with Gasteiger partial charge in [0.1, 0.15) is 5.52 Å². The fraction of sp³-hybridized carbons (Fsp3) is 0.188. The Hall–Kier alpha value is -2.69. The fourth-order valence-electron chi connectivity index (χ4n) is 2.31. The van der Waals surface area contributed by atoms with Crippen LogP contribution in [0.25, 0.3) is 11.0 Å². The van der Waals surface area contributed by atoms with Gasteiger partial charge >= 0.3 is 5.97 Å². The summed E-state index contributed by atoms with van der Waals surface area (Å²) in [6.07, 6.45) is 0. The van der Waals surface area contributed by atoms with Crippen LogP contribution in [0.3, 0.4) is 0 Å². The Morgan fingerprint density at radius 3 is 2.62 bits per heavy atom. The van der Waals surface area contributed by atoms with Crippen molar-refractivity contribution in [2.45, 2.75) is 13.0 Å². The molecule has 3 aromatic rings. The zero-order chi connectivity index (χ0) is 14.7. The molecule has 5 heteroatoms. The van der Waals surface area contributed by atoms with Crippen LogP contribution in [-0.2, 0) is 9.53 Å². The Morgan fingerprint density at radius 1 is 1.14 bits per heavy atom. The summed E-state index contributed by atoms with van der Waals surface area (Å²) < 4.78 is 6.82. The van der Waals surface area contributed by atoms with Crippen molar-refractivity contribution < 1.29 is 9.53 Å². The molecular formula is C16H15N3O2. The number of rotatable bonds is 4. The minimum absolute atomic E-state index is 0.328. The molecule has 3 rings (SSSR count). The van der Waals surface area contributed by atoms with Crippen LogP contribution >= 0.6 is 0 Å². The number of aromatic nitrogens is 3. The summed E-state index contributed by atoms with van der Waals surface area (Å²) in [5, 5.41) is 8.25. The van der Waals surface area contributed by atoms with Gasteiger partial charge in [0.25, 0.3) is 0 Å². The lowest BCUT2D eigenvalue weighted by atomic mass is 10.1. The predicted molar refractivity (Wildman–Crippen MR) is 78.7 cm³/mol. The number of para-hydroxylation sites is 1. The van der Waals surface area contributed by atoms with Crippen LogP contribution in [0.15, 0.2) is 54.6 Å². The summed E-state index contributed by atoms with van der Waals surface area (Å²) >= 11 is 0. The number of hydrogen-bond acceptors (Lipinski definition) is 4. The van der Waals surface area contributed by atoms with Crippen LogP contribution in [0.4, 0.5) is 0 Å². The van der Waals surface area contributed by atoms with Gasteiger partial charge in [0.05, 0.1) is 12.1 Å². The Kier molecular flexibility index (Phi) is 3.64. The standard InChI is InChI=1S/C16H15N3O2/c1-2-21-16(20)15(12-8-4-3-5-9-12)19-14-11-7-6-10-13(14)17-18-19/h3-11,15H,2H2,1H3. The van der Waals surface area contributed by atoms with Crippen molar-refractivity contribution in [1.82, 2.24) is 15.0 Å². The van der Waals surface area contributed by atoms with Crippen LogP contribution in [-0.4, -0.2) is 27.6 Å². The molecule has 0 aliphatic carbocycles. The van der Waals surface area contributed by atoms with E-state index in [-0.39, 0.29) is 5.97 Å². The minimum atomic E-state index is -0.626. The van der Waals surface area contributed by atoms with Gasteiger partial charge < -0.3 is 4.74 Å². The molecule has 1 heterocycles. The first-order chi connectivity index (χ1) is 10.3. The topological polar surface area (TPSA) is 57.0 Å². The highest BCUT2D eigenvalue weighted by Gasteiger charge is 2.26. The lowest BCUT2D eigenvalue weighted by Crippen LogP contribution is -2.24. The molecule has 0 aliphatic rings. The summed E-state index contributed by atoms with van der Waals surface area (Å²) in [4.78, 5) is 12.4. The SMILES string of the molecule is CCOC(=O)C(c1ccccc1)n1nnc2ccccc21. The number of carbonyl (C=O) groups is 1. The number of hydrogen-bond donors (Lipinski definition) is 0. The van der Waals surface area contributed by atoms with Gasteiger partial charge in [-0.15, -0.1) is 5.10 Å². The average Bonchev–Trinajstić information content (AvgIpc) is 2.93. The molecule has 0 fully saturated rings. The zero-order valence-electron chi connectivity index (χ0n) is 11.6. The highest BCUT2D eigenvalue weighted by Crippen LogP contribution is 2.23. The van der Waals surface area contributed by atoms with Crippen molar-refractivity contribution in [3.8, 4) is 0 Å². The monoisotopic (exact) mass is 281 g/mol. The van der Waals surface area contributed by atoms with Gasteiger partial charge in [0.2, 0.25) is 0 Å². The smallest absolute Gasteiger partial charge is 0.335 e. The number of esters is 1. The summed E-state index contributed by atoms with van der Waals surface area (Å²) in [5.74, 6) is -0.334. The summed E-state index contributed by atoms with van der Waals surface area (Å²) in [5.41, 5.74) is 2.38. The summed E-state index contributed by atoms with van der Waals surface area (Å²) in [7, 11) is 0. The van der Waals surface area contributed by atoms with Crippen LogP contribution < -0.4 is 0 Å². The molecule has 0 saturated heterocycles. The van der Waals surface area contributed by atoms with E-state index in [4.69, 9.17) is 4.74 Å². The lowest BCUT2D eigenvalue weighted by Gasteiger charge is -2.16. The maximum Gasteiger partial charge on any atom is 0.335 e. The Balaban J connectivity index is 2.13. The van der Waals surface area contributed by atoms with E-state index < -0.39 is 6.04 Å². The molecule has 0 aliphatic heterocycles. The first kappa shape index (κ1) is 13.3. The molecular weight excluding hydrogens is 266 g/mol. The van der Waals surface area contributed by atoms with E-state index in [2.05, 4.69) is 10.3 Å². The van der Waals surface area contributed by atoms with Crippen LogP contribution in [0, 0.1) is 0 Å². The quantitative estimate of drug-likeness (QED) is 0.690. The normalized spacial score (nSPS) is 12.2. The van der Waals surface area contributed by atoms with Crippen molar-refractivity contribution in [1.29, 1.82) is 0 Å². The maximum absolute atomic E-state index is 12.4. The molecule has 0 saturated carbocycles. The molecule has 21 heavy (non-hydrogen) atoms. The van der Waals surface area contributed by atoms with Crippen molar-refractivity contribution >= 4 is 17.0 Å². The second kappa shape index (κ2) is 5.75. The molecule has 0 bridgehead atoms. The van der Waals surface area contributed by atoms with Crippen molar-refractivity contribution in [2.24, 2.45) is 0 Å². The molecule has 1 atom stereocenters. The minimum Gasteiger partial charge on any atom is -0.464 e. The average molecular weight is 281 g/mol. The second-order valence-electron chi connectivity index (χ2n) is 4.59. The summed E-state index contributed by atoms with van der Waals surface area (Å²) in [6.45, 7) is 2.12. The van der Waals surface area contributed by atoms with E-state index in [9.17, 15) is 4.79 Å². The lowest BCUT2D eigenvalue weighted by molar-refractivity contribution is -0.146. The molecule has 0 spiro atoms. The third kappa shape index (κ3) is 2.50. The van der Waals surface area contributed by atoms with Gasteiger partial charge in [-0.2, -0.15) is 0 Å². The largest absolute Gasteiger partial charge is 0.464 e. The van der Waals surface area contributed by atoms with Crippen LogP contribution in [0.1, 0.15) is 18.5 Å². The molecule has 0 N–H and O–H groups in total. The first-order valence-electron chi connectivity index (χ1n) is 6.82. The van der Waals surface area contributed by atoms with Crippen molar-refractivity contribution in [2.75, 3.05) is 6.61 Å². The summed E-state index contributed by atoms with van der Waals surface area (Å²) in [6, 6.07) is 16.4. The third-order valence-electron chi connectivity index (χ3n) is 3.25. The highest BCUT2D eigenvalue weighted by atomic mass is 16.5. The van der Waals surface area contributed by atoms with Gasteiger partial charge in [-0.25, -0.2) is 9.48 Å². The maximum atomic E-state index is 12.4. The van der Waals surface area contributed by atoms with E-state index >= 15 is 0 Å². The number of benzene rings is 2. The highest BCUT2D eigenvalue weighted by molar-refractivity contribution is 5.82. The molecule has 5 nitrogen and oxygen atoms in total. The first-order valence-corrected chi connectivity index (χ1v) is 6.82. The fourth-order valence-corrected chi connectivity index (χ4v) is 2.31. The van der Waals surface area contributed by atoms with Gasteiger partial charge in [-0.1, -0.05) is 47.7 Å². The van der Waals surface area contributed by atoms with Crippen molar-refractivity contribution in [3.05, 3.63) is 60.2 Å². The zero-order valence-corrected chi connectivity index (χ0v) is 11.6. The second-order valence-corrected chi connectivity index (χ2v) is 4.59. The van der Waals surface area contributed by atoms with Crippen molar-refractivity contribution in [3.63, 3.8) is 0 Å². The Labute approximate surface area is 122 Å². The molecule has 0 amide bonds.